The minimum Gasteiger partial charge on any atom is -0.465 e. The molecule has 1 unspecified atom stereocenters. The summed E-state index contributed by atoms with van der Waals surface area (Å²) in [6, 6.07) is 6.07. The average Bonchev–Trinajstić information content (AvgIpc) is 2.62. The molecule has 7 heteroatoms. The van der Waals surface area contributed by atoms with Crippen molar-refractivity contribution in [1.29, 1.82) is 0 Å². The number of carbonyl (C=O) groups is 2. The van der Waals surface area contributed by atoms with Crippen LogP contribution < -0.4 is 5.32 Å². The maximum absolute atomic E-state index is 12.9. The van der Waals surface area contributed by atoms with E-state index < -0.39 is 6.09 Å². The summed E-state index contributed by atoms with van der Waals surface area (Å²) in [6.45, 7) is 7.32. The molecule has 1 aliphatic heterocycles. The highest BCUT2D eigenvalue weighted by molar-refractivity contribution is 5.95. The second kappa shape index (κ2) is 10.2. The van der Waals surface area contributed by atoms with Gasteiger partial charge in [-0.25, -0.2) is 9.18 Å². The van der Waals surface area contributed by atoms with Crippen molar-refractivity contribution < 1.29 is 19.1 Å². The number of Topliss-reactive ketones (excluding diaryl/α,β-unsaturated/α-hetero) is 1. The molecule has 0 saturated carbocycles. The number of rotatable bonds is 9. The van der Waals surface area contributed by atoms with Crippen LogP contribution in [0.5, 0.6) is 0 Å². The Morgan fingerprint density at radius 2 is 1.85 bits per heavy atom. The molecule has 144 valence electrons. The van der Waals surface area contributed by atoms with Crippen LogP contribution in [0.15, 0.2) is 24.3 Å². The molecule has 2 rings (SSSR count). The summed E-state index contributed by atoms with van der Waals surface area (Å²) in [7, 11) is 0. The summed E-state index contributed by atoms with van der Waals surface area (Å²) in [4.78, 5) is 27.3. The summed E-state index contributed by atoms with van der Waals surface area (Å²) in [5.41, 5.74) is 0.569. The highest BCUT2D eigenvalue weighted by Crippen LogP contribution is 2.11. The Kier molecular flexibility index (Phi) is 8.00. The predicted octanol–water partition coefficient (Wildman–Crippen LogP) is 2.45. The lowest BCUT2D eigenvalue weighted by Gasteiger charge is -2.38. The van der Waals surface area contributed by atoms with Gasteiger partial charge in [-0.2, -0.15) is 0 Å². The first-order chi connectivity index (χ1) is 12.5. The molecule has 26 heavy (non-hydrogen) atoms. The summed E-state index contributed by atoms with van der Waals surface area (Å²) >= 11 is 0. The van der Waals surface area contributed by atoms with Crippen LogP contribution in [0, 0.1) is 5.82 Å². The van der Waals surface area contributed by atoms with Crippen LogP contribution in [-0.2, 0) is 0 Å². The van der Waals surface area contributed by atoms with E-state index in [4.69, 9.17) is 5.11 Å². The zero-order chi connectivity index (χ0) is 18.9. The third kappa shape index (κ3) is 6.72. The molecule has 1 aromatic carbocycles. The minimum atomic E-state index is -0.975. The molecule has 0 aromatic heterocycles. The van der Waals surface area contributed by atoms with Gasteiger partial charge in [0.1, 0.15) is 5.82 Å². The molecular weight excluding hydrogens is 337 g/mol. The quantitative estimate of drug-likeness (QED) is 0.658. The van der Waals surface area contributed by atoms with E-state index in [-0.39, 0.29) is 11.6 Å². The first-order valence-electron chi connectivity index (χ1n) is 9.17. The van der Waals surface area contributed by atoms with Gasteiger partial charge in [-0.05, 0) is 50.6 Å². The summed E-state index contributed by atoms with van der Waals surface area (Å²) in [6.07, 6.45) is 1.10. The van der Waals surface area contributed by atoms with Crippen LogP contribution in [0.25, 0.3) is 0 Å². The summed E-state index contributed by atoms with van der Waals surface area (Å²) in [5.74, 6) is -0.268. The van der Waals surface area contributed by atoms with E-state index in [1.165, 1.54) is 24.3 Å². The Labute approximate surface area is 154 Å². The largest absolute Gasteiger partial charge is 0.465 e. The number of ketones is 1. The lowest BCUT2D eigenvalue weighted by atomic mass is 10.1. The second-order valence-corrected chi connectivity index (χ2v) is 6.78. The molecule has 0 spiro atoms. The van der Waals surface area contributed by atoms with Gasteiger partial charge >= 0.3 is 6.09 Å². The molecule has 1 atom stereocenters. The van der Waals surface area contributed by atoms with Crippen LogP contribution >= 0.6 is 0 Å². The molecule has 2 N–H and O–H groups in total. The number of benzene rings is 1. The number of nitrogens with zero attached hydrogens (tertiary/aromatic N) is 2. The molecule has 1 aliphatic rings. The zero-order valence-corrected chi connectivity index (χ0v) is 15.3. The topological polar surface area (TPSA) is 72.9 Å². The molecule has 1 saturated heterocycles. The number of piperazine rings is 1. The molecule has 1 amide bonds. The van der Waals surface area contributed by atoms with Gasteiger partial charge in [-0.15, -0.1) is 0 Å². The van der Waals surface area contributed by atoms with E-state index in [2.05, 4.69) is 22.0 Å². The predicted molar refractivity (Wildman–Crippen MR) is 98.1 cm³/mol. The third-order valence-corrected chi connectivity index (χ3v) is 4.91. The second-order valence-electron chi connectivity index (χ2n) is 6.78. The third-order valence-electron chi connectivity index (χ3n) is 4.91. The Hall–Kier alpha value is -1.99. The highest BCUT2D eigenvalue weighted by Gasteiger charge is 2.20. The first-order valence-corrected chi connectivity index (χ1v) is 9.17. The Balaban J connectivity index is 1.62. The summed E-state index contributed by atoms with van der Waals surface area (Å²) < 4.78 is 12.9. The van der Waals surface area contributed by atoms with Gasteiger partial charge in [0.15, 0.2) is 5.78 Å². The lowest BCUT2D eigenvalue weighted by molar-refractivity contribution is 0.0912. The van der Waals surface area contributed by atoms with E-state index in [1.807, 2.05) is 0 Å². The SMILES string of the molecule is CC(CCNC(=O)O)N1CCN(CCCC(=O)c2ccc(F)cc2)CC1. The van der Waals surface area contributed by atoms with E-state index in [9.17, 15) is 14.0 Å². The molecule has 1 heterocycles. The van der Waals surface area contributed by atoms with Gasteiger partial charge in [-0.3, -0.25) is 9.69 Å². The summed E-state index contributed by atoms with van der Waals surface area (Å²) in [5, 5.41) is 11.0. The van der Waals surface area contributed by atoms with Gasteiger partial charge in [-0.1, -0.05) is 0 Å². The zero-order valence-electron chi connectivity index (χ0n) is 15.3. The van der Waals surface area contributed by atoms with Crippen LogP contribution in [0.3, 0.4) is 0 Å². The van der Waals surface area contributed by atoms with Crippen molar-refractivity contribution in [2.75, 3.05) is 39.3 Å². The lowest BCUT2D eigenvalue weighted by Crippen LogP contribution is -2.50. The molecule has 6 nitrogen and oxygen atoms in total. The van der Waals surface area contributed by atoms with Crippen molar-refractivity contribution in [3.8, 4) is 0 Å². The molecule has 0 aliphatic carbocycles. The van der Waals surface area contributed by atoms with Gasteiger partial charge in [0.2, 0.25) is 0 Å². The van der Waals surface area contributed by atoms with Crippen molar-refractivity contribution in [3.63, 3.8) is 0 Å². The maximum Gasteiger partial charge on any atom is 0.404 e. The number of halogens is 1. The maximum atomic E-state index is 12.9. The van der Waals surface area contributed by atoms with Gasteiger partial charge < -0.3 is 15.3 Å². The number of carbonyl (C=O) groups excluding carboxylic acids is 1. The van der Waals surface area contributed by atoms with E-state index >= 15 is 0 Å². The van der Waals surface area contributed by atoms with E-state index in [0.29, 0.717) is 24.6 Å². The molecule has 1 aromatic rings. The van der Waals surface area contributed by atoms with Crippen molar-refractivity contribution in [3.05, 3.63) is 35.6 Å². The smallest absolute Gasteiger partial charge is 0.404 e. The van der Waals surface area contributed by atoms with E-state index in [0.717, 1.165) is 45.6 Å². The standard InChI is InChI=1S/C19H28FN3O3/c1-15(8-9-21-19(25)26)23-13-11-22(12-14-23)10-2-3-18(24)16-4-6-17(20)7-5-16/h4-7,15,21H,2-3,8-14H2,1H3,(H,25,26). The fourth-order valence-corrected chi connectivity index (χ4v) is 3.24. The van der Waals surface area contributed by atoms with Crippen LogP contribution in [0.4, 0.5) is 9.18 Å². The van der Waals surface area contributed by atoms with Gasteiger partial charge in [0.25, 0.3) is 0 Å². The number of carboxylic acid groups (broad SMARTS) is 1. The molecule has 0 bridgehead atoms. The fraction of sp³-hybridized carbons (Fsp3) is 0.579. The molecular formula is C19H28FN3O3. The molecule has 1 fully saturated rings. The normalized spacial score (nSPS) is 17.0. The number of nitrogens with one attached hydrogen (secondary N) is 1. The van der Waals surface area contributed by atoms with Crippen molar-refractivity contribution >= 4 is 11.9 Å². The minimum absolute atomic E-state index is 0.0585. The van der Waals surface area contributed by atoms with Crippen LogP contribution in [0.2, 0.25) is 0 Å². The first kappa shape index (κ1) is 20.3. The van der Waals surface area contributed by atoms with Gasteiger partial charge in [0, 0.05) is 50.7 Å². The van der Waals surface area contributed by atoms with Crippen LogP contribution in [-0.4, -0.2) is 72.1 Å². The van der Waals surface area contributed by atoms with Crippen molar-refractivity contribution in [2.45, 2.75) is 32.2 Å². The Morgan fingerprint density at radius 3 is 2.46 bits per heavy atom. The van der Waals surface area contributed by atoms with Gasteiger partial charge in [0.05, 0.1) is 0 Å². The number of hydrogen-bond donors (Lipinski definition) is 2. The number of hydrogen-bond acceptors (Lipinski definition) is 4. The fourth-order valence-electron chi connectivity index (χ4n) is 3.24. The van der Waals surface area contributed by atoms with E-state index in [1.54, 1.807) is 0 Å². The Bertz CT molecular complexity index is 586. The van der Waals surface area contributed by atoms with Crippen LogP contribution in [0.1, 0.15) is 36.5 Å². The monoisotopic (exact) mass is 365 g/mol. The highest BCUT2D eigenvalue weighted by atomic mass is 19.1. The average molecular weight is 365 g/mol. The number of amides is 1. The van der Waals surface area contributed by atoms with Crippen molar-refractivity contribution in [2.24, 2.45) is 0 Å². The Morgan fingerprint density at radius 1 is 1.19 bits per heavy atom. The molecule has 0 radical (unpaired) electrons. The van der Waals surface area contributed by atoms with Crippen molar-refractivity contribution in [1.82, 2.24) is 15.1 Å².